The van der Waals surface area contributed by atoms with Crippen molar-refractivity contribution in [3.05, 3.63) is 35.9 Å². The minimum Gasteiger partial charge on any atom is -0.330 e. The number of hydrogen-bond donors (Lipinski definition) is 1. The summed E-state index contributed by atoms with van der Waals surface area (Å²) in [5.74, 6) is 0. The van der Waals surface area contributed by atoms with Crippen LogP contribution in [0.25, 0.3) is 0 Å². The standard InChI is InChI=1S/C8H11N.C2H6/c9-7-6-8-4-2-1-3-5-8;1-2/h1-5H,6-7,9H2;1-2H3. The van der Waals surface area contributed by atoms with E-state index in [-0.39, 0.29) is 0 Å². The van der Waals surface area contributed by atoms with E-state index in [4.69, 9.17) is 5.73 Å². The van der Waals surface area contributed by atoms with E-state index in [2.05, 4.69) is 12.1 Å². The molecule has 0 heterocycles. The van der Waals surface area contributed by atoms with Crippen LogP contribution in [0.15, 0.2) is 30.3 Å². The third-order valence-electron chi connectivity index (χ3n) is 1.28. The van der Waals surface area contributed by atoms with Crippen molar-refractivity contribution in [3.8, 4) is 0 Å². The Kier molecular flexibility index (Phi) is 6.75. The SMILES string of the molecule is CC.NCCc1ccccc1. The molecule has 0 spiro atoms. The van der Waals surface area contributed by atoms with E-state index in [0.29, 0.717) is 0 Å². The second-order valence-corrected chi connectivity index (χ2v) is 2.02. The molecule has 1 nitrogen and oxygen atoms in total. The van der Waals surface area contributed by atoms with Crippen molar-refractivity contribution in [1.82, 2.24) is 0 Å². The largest absolute Gasteiger partial charge is 0.330 e. The van der Waals surface area contributed by atoms with E-state index in [9.17, 15) is 0 Å². The molecule has 0 radical (unpaired) electrons. The molecule has 11 heavy (non-hydrogen) atoms. The summed E-state index contributed by atoms with van der Waals surface area (Å²) in [6.45, 7) is 4.74. The van der Waals surface area contributed by atoms with Crippen LogP contribution in [0.3, 0.4) is 0 Å². The predicted octanol–water partition coefficient (Wildman–Crippen LogP) is 2.21. The van der Waals surface area contributed by atoms with Crippen LogP contribution in [-0.2, 0) is 6.42 Å². The summed E-state index contributed by atoms with van der Waals surface area (Å²) in [7, 11) is 0. The Bertz CT molecular complexity index is 158. The summed E-state index contributed by atoms with van der Waals surface area (Å²) in [4.78, 5) is 0. The smallest absolute Gasteiger partial charge is 0.00367 e. The van der Waals surface area contributed by atoms with Gasteiger partial charge in [0.1, 0.15) is 0 Å². The van der Waals surface area contributed by atoms with E-state index in [1.807, 2.05) is 32.0 Å². The Morgan fingerprint density at radius 3 is 2.09 bits per heavy atom. The van der Waals surface area contributed by atoms with Crippen molar-refractivity contribution >= 4 is 0 Å². The Morgan fingerprint density at radius 1 is 1.09 bits per heavy atom. The molecule has 0 aromatic heterocycles. The van der Waals surface area contributed by atoms with Gasteiger partial charge in [-0.15, -0.1) is 0 Å². The van der Waals surface area contributed by atoms with Gasteiger partial charge in [0.15, 0.2) is 0 Å². The molecule has 62 valence electrons. The van der Waals surface area contributed by atoms with Crippen LogP contribution >= 0.6 is 0 Å². The molecule has 1 aromatic rings. The fourth-order valence-electron chi connectivity index (χ4n) is 0.811. The highest BCUT2D eigenvalue weighted by Gasteiger charge is 1.84. The van der Waals surface area contributed by atoms with Crippen molar-refractivity contribution in [1.29, 1.82) is 0 Å². The maximum atomic E-state index is 5.36. The molecule has 1 rings (SSSR count). The molecule has 0 bridgehead atoms. The highest BCUT2D eigenvalue weighted by molar-refractivity contribution is 5.14. The second kappa shape index (κ2) is 7.29. The van der Waals surface area contributed by atoms with E-state index < -0.39 is 0 Å². The van der Waals surface area contributed by atoms with Gasteiger partial charge in [-0.3, -0.25) is 0 Å². The monoisotopic (exact) mass is 151 g/mol. The van der Waals surface area contributed by atoms with Crippen molar-refractivity contribution in [2.24, 2.45) is 5.73 Å². The lowest BCUT2D eigenvalue weighted by Crippen LogP contribution is -2.01. The van der Waals surface area contributed by atoms with Gasteiger partial charge in [0.25, 0.3) is 0 Å². The van der Waals surface area contributed by atoms with E-state index in [0.717, 1.165) is 13.0 Å². The van der Waals surface area contributed by atoms with Gasteiger partial charge in [0, 0.05) is 0 Å². The molecule has 0 amide bonds. The first-order chi connectivity index (χ1) is 5.43. The third kappa shape index (κ3) is 4.57. The lowest BCUT2D eigenvalue weighted by atomic mass is 10.2. The summed E-state index contributed by atoms with van der Waals surface area (Å²) in [6, 6.07) is 10.3. The highest BCUT2D eigenvalue weighted by Crippen LogP contribution is 1.96. The number of benzene rings is 1. The van der Waals surface area contributed by atoms with Crippen molar-refractivity contribution in [2.75, 3.05) is 6.54 Å². The summed E-state index contributed by atoms with van der Waals surface area (Å²) >= 11 is 0. The number of nitrogens with two attached hydrogens (primary N) is 1. The van der Waals surface area contributed by atoms with Crippen molar-refractivity contribution in [2.45, 2.75) is 20.3 Å². The maximum Gasteiger partial charge on any atom is -0.00367 e. The molecule has 1 heteroatoms. The third-order valence-corrected chi connectivity index (χ3v) is 1.28. The Hall–Kier alpha value is -0.820. The van der Waals surface area contributed by atoms with Gasteiger partial charge < -0.3 is 5.73 Å². The minimum absolute atomic E-state index is 0.740. The van der Waals surface area contributed by atoms with Gasteiger partial charge in [-0.2, -0.15) is 0 Å². The minimum atomic E-state index is 0.740. The van der Waals surface area contributed by atoms with Crippen LogP contribution in [0.2, 0.25) is 0 Å². The molecule has 0 aliphatic heterocycles. The molecule has 0 saturated heterocycles. The van der Waals surface area contributed by atoms with Crippen LogP contribution in [0.5, 0.6) is 0 Å². The zero-order chi connectivity index (χ0) is 8.53. The molecular formula is C10H17N. The summed E-state index contributed by atoms with van der Waals surface area (Å²) < 4.78 is 0. The molecule has 0 saturated carbocycles. The van der Waals surface area contributed by atoms with Gasteiger partial charge in [0.05, 0.1) is 0 Å². The fraction of sp³-hybridized carbons (Fsp3) is 0.400. The van der Waals surface area contributed by atoms with E-state index >= 15 is 0 Å². The van der Waals surface area contributed by atoms with Gasteiger partial charge in [-0.05, 0) is 18.5 Å². The molecular weight excluding hydrogens is 134 g/mol. The average molecular weight is 151 g/mol. The topological polar surface area (TPSA) is 26.0 Å². The summed E-state index contributed by atoms with van der Waals surface area (Å²) in [5, 5.41) is 0. The first-order valence-electron chi connectivity index (χ1n) is 4.17. The lowest BCUT2D eigenvalue weighted by molar-refractivity contribution is 0.969. The summed E-state index contributed by atoms with van der Waals surface area (Å²) in [6.07, 6.45) is 0.987. The van der Waals surface area contributed by atoms with Gasteiger partial charge in [0.2, 0.25) is 0 Å². The molecule has 0 atom stereocenters. The molecule has 0 aliphatic rings. The van der Waals surface area contributed by atoms with Crippen molar-refractivity contribution < 1.29 is 0 Å². The van der Waals surface area contributed by atoms with Crippen molar-refractivity contribution in [3.63, 3.8) is 0 Å². The Balaban J connectivity index is 0.000000461. The lowest BCUT2D eigenvalue weighted by Gasteiger charge is -1.93. The zero-order valence-electron chi connectivity index (χ0n) is 7.38. The van der Waals surface area contributed by atoms with E-state index in [1.165, 1.54) is 5.56 Å². The molecule has 0 fully saturated rings. The fourth-order valence-corrected chi connectivity index (χ4v) is 0.811. The quantitative estimate of drug-likeness (QED) is 0.689. The average Bonchev–Trinajstić information content (AvgIpc) is 2.11. The number of rotatable bonds is 2. The second-order valence-electron chi connectivity index (χ2n) is 2.02. The van der Waals surface area contributed by atoms with Crippen LogP contribution in [0.4, 0.5) is 0 Å². The predicted molar refractivity (Wildman–Crippen MR) is 50.5 cm³/mol. The highest BCUT2D eigenvalue weighted by atomic mass is 14.5. The van der Waals surface area contributed by atoms with Gasteiger partial charge >= 0.3 is 0 Å². The van der Waals surface area contributed by atoms with Crippen LogP contribution in [0.1, 0.15) is 19.4 Å². The van der Waals surface area contributed by atoms with Crippen LogP contribution in [0, 0.1) is 0 Å². The summed E-state index contributed by atoms with van der Waals surface area (Å²) in [5.41, 5.74) is 6.68. The van der Waals surface area contributed by atoms with Gasteiger partial charge in [-0.25, -0.2) is 0 Å². The Morgan fingerprint density at radius 2 is 1.64 bits per heavy atom. The van der Waals surface area contributed by atoms with Gasteiger partial charge in [-0.1, -0.05) is 44.2 Å². The molecule has 2 N–H and O–H groups in total. The molecule has 0 unspecified atom stereocenters. The zero-order valence-corrected chi connectivity index (χ0v) is 7.38. The maximum absolute atomic E-state index is 5.36. The normalized spacial score (nSPS) is 8.27. The van der Waals surface area contributed by atoms with Crippen LogP contribution < -0.4 is 5.73 Å². The Labute approximate surface area is 69.2 Å². The number of hydrogen-bond acceptors (Lipinski definition) is 1. The first-order valence-corrected chi connectivity index (χ1v) is 4.17. The first kappa shape index (κ1) is 10.2. The van der Waals surface area contributed by atoms with E-state index in [1.54, 1.807) is 0 Å². The van der Waals surface area contributed by atoms with Crippen LogP contribution in [-0.4, -0.2) is 6.54 Å². The molecule has 1 aromatic carbocycles. The molecule has 0 aliphatic carbocycles.